The Morgan fingerprint density at radius 3 is 2.59 bits per heavy atom. The molecule has 1 N–H and O–H groups in total. The van der Waals surface area contributed by atoms with E-state index in [1.165, 1.54) is 6.07 Å². The third kappa shape index (κ3) is 2.83. The van der Waals surface area contributed by atoms with Crippen molar-refractivity contribution in [2.45, 2.75) is 12.8 Å². The summed E-state index contributed by atoms with van der Waals surface area (Å²) in [6.07, 6.45) is 2.16. The monoisotopic (exact) mass is 303 g/mol. The molecule has 1 aromatic carbocycles. The standard InChI is InChI=1S/C12H12BrF2NO/c13-6-12(3-4-12)7-16-11(17)8-1-2-9(14)10(15)5-8/h1-2,5H,3-4,6-7H2,(H,16,17). The third-order valence-electron chi connectivity index (χ3n) is 3.05. The number of alkyl halides is 1. The van der Waals surface area contributed by atoms with Gasteiger partial charge < -0.3 is 5.32 Å². The average Bonchev–Trinajstić information content (AvgIpc) is 3.10. The predicted molar refractivity (Wildman–Crippen MR) is 64.2 cm³/mol. The van der Waals surface area contributed by atoms with Gasteiger partial charge in [0.05, 0.1) is 0 Å². The van der Waals surface area contributed by atoms with E-state index in [0.29, 0.717) is 6.54 Å². The van der Waals surface area contributed by atoms with Crippen molar-refractivity contribution in [1.29, 1.82) is 0 Å². The molecule has 0 radical (unpaired) electrons. The van der Waals surface area contributed by atoms with Crippen LogP contribution in [0.25, 0.3) is 0 Å². The Morgan fingerprint density at radius 1 is 1.35 bits per heavy atom. The number of carbonyl (C=O) groups is 1. The summed E-state index contributed by atoms with van der Waals surface area (Å²) < 4.78 is 25.6. The highest BCUT2D eigenvalue weighted by Gasteiger charge is 2.41. The van der Waals surface area contributed by atoms with E-state index < -0.39 is 11.6 Å². The van der Waals surface area contributed by atoms with Gasteiger partial charge in [0.15, 0.2) is 11.6 Å². The molecule has 17 heavy (non-hydrogen) atoms. The Hall–Kier alpha value is -0.970. The molecule has 2 nitrogen and oxygen atoms in total. The summed E-state index contributed by atoms with van der Waals surface area (Å²) in [6.45, 7) is 0.566. The van der Waals surface area contributed by atoms with Crippen LogP contribution in [0.5, 0.6) is 0 Å². The first-order chi connectivity index (χ1) is 8.06. The second-order valence-electron chi connectivity index (χ2n) is 4.45. The highest BCUT2D eigenvalue weighted by molar-refractivity contribution is 9.09. The van der Waals surface area contributed by atoms with E-state index in [0.717, 1.165) is 30.3 Å². The lowest BCUT2D eigenvalue weighted by Crippen LogP contribution is -2.31. The number of hydrogen-bond acceptors (Lipinski definition) is 1. The second kappa shape index (κ2) is 4.72. The molecule has 1 aromatic rings. The molecule has 1 amide bonds. The van der Waals surface area contributed by atoms with E-state index in [2.05, 4.69) is 21.2 Å². The first-order valence-corrected chi connectivity index (χ1v) is 6.48. The summed E-state index contributed by atoms with van der Waals surface area (Å²) in [5, 5.41) is 3.59. The summed E-state index contributed by atoms with van der Waals surface area (Å²) in [5.41, 5.74) is 0.308. The zero-order valence-corrected chi connectivity index (χ0v) is 10.7. The molecule has 0 saturated heterocycles. The van der Waals surface area contributed by atoms with Crippen molar-refractivity contribution >= 4 is 21.8 Å². The van der Waals surface area contributed by atoms with Crippen molar-refractivity contribution in [3.05, 3.63) is 35.4 Å². The Labute approximate surface area is 107 Å². The molecule has 0 unspecified atom stereocenters. The fourth-order valence-corrected chi connectivity index (χ4v) is 2.30. The van der Waals surface area contributed by atoms with Crippen LogP contribution >= 0.6 is 15.9 Å². The molecule has 1 aliphatic rings. The minimum atomic E-state index is -1.00. The third-order valence-corrected chi connectivity index (χ3v) is 4.24. The lowest BCUT2D eigenvalue weighted by atomic mass is 10.1. The number of hydrogen-bond donors (Lipinski definition) is 1. The van der Waals surface area contributed by atoms with Crippen LogP contribution in [0, 0.1) is 17.0 Å². The van der Waals surface area contributed by atoms with Crippen LogP contribution in [0.4, 0.5) is 8.78 Å². The molecule has 1 fully saturated rings. The molecule has 0 atom stereocenters. The van der Waals surface area contributed by atoms with E-state index in [1.807, 2.05) is 0 Å². The number of benzene rings is 1. The number of carbonyl (C=O) groups excluding carboxylic acids is 1. The average molecular weight is 304 g/mol. The van der Waals surface area contributed by atoms with Gasteiger partial charge in [-0.25, -0.2) is 8.78 Å². The maximum atomic E-state index is 12.9. The van der Waals surface area contributed by atoms with Gasteiger partial charge in [-0.05, 0) is 36.5 Å². The highest BCUT2D eigenvalue weighted by atomic mass is 79.9. The summed E-state index contributed by atoms with van der Waals surface area (Å²) in [4.78, 5) is 11.7. The molecular weight excluding hydrogens is 292 g/mol. The molecule has 0 bridgehead atoms. The van der Waals surface area contributed by atoms with Crippen LogP contribution in [0.15, 0.2) is 18.2 Å². The maximum absolute atomic E-state index is 12.9. The highest BCUT2D eigenvalue weighted by Crippen LogP contribution is 2.46. The lowest BCUT2D eigenvalue weighted by Gasteiger charge is -2.12. The van der Waals surface area contributed by atoms with E-state index in [-0.39, 0.29) is 16.9 Å². The van der Waals surface area contributed by atoms with E-state index in [4.69, 9.17) is 0 Å². The number of halogens is 3. The predicted octanol–water partition coefficient (Wildman–Crippen LogP) is 2.87. The van der Waals surface area contributed by atoms with Gasteiger partial charge in [0.25, 0.3) is 5.91 Å². The van der Waals surface area contributed by atoms with Crippen molar-refractivity contribution < 1.29 is 13.6 Å². The van der Waals surface area contributed by atoms with E-state index in [1.54, 1.807) is 0 Å². The maximum Gasteiger partial charge on any atom is 0.251 e. The van der Waals surface area contributed by atoms with Gasteiger partial charge in [0.2, 0.25) is 0 Å². The first kappa shape index (κ1) is 12.5. The van der Waals surface area contributed by atoms with Gasteiger partial charge in [-0.3, -0.25) is 4.79 Å². The quantitative estimate of drug-likeness (QED) is 0.852. The van der Waals surface area contributed by atoms with Crippen LogP contribution in [0.2, 0.25) is 0 Å². The molecule has 5 heteroatoms. The summed E-state index contributed by atoms with van der Waals surface area (Å²) in [7, 11) is 0. The van der Waals surface area contributed by atoms with Crippen molar-refractivity contribution in [2.75, 3.05) is 11.9 Å². The normalized spacial score (nSPS) is 16.6. The Kier molecular flexibility index (Phi) is 3.47. The minimum absolute atomic E-state index is 0.147. The fourth-order valence-electron chi connectivity index (χ4n) is 1.54. The summed E-state index contributed by atoms with van der Waals surface area (Å²) in [5.74, 6) is -2.31. The molecular formula is C12H12BrF2NO. The zero-order valence-electron chi connectivity index (χ0n) is 9.10. The van der Waals surface area contributed by atoms with Crippen LogP contribution in [-0.2, 0) is 0 Å². The van der Waals surface area contributed by atoms with Gasteiger partial charge in [-0.2, -0.15) is 0 Å². The van der Waals surface area contributed by atoms with Crippen molar-refractivity contribution in [3.8, 4) is 0 Å². The Morgan fingerprint density at radius 2 is 2.06 bits per heavy atom. The molecule has 1 aliphatic carbocycles. The van der Waals surface area contributed by atoms with Crippen LogP contribution in [0.1, 0.15) is 23.2 Å². The number of rotatable bonds is 4. The zero-order chi connectivity index (χ0) is 12.5. The molecule has 2 rings (SSSR count). The van der Waals surface area contributed by atoms with Crippen LogP contribution in [0.3, 0.4) is 0 Å². The molecule has 0 aliphatic heterocycles. The SMILES string of the molecule is O=C(NCC1(CBr)CC1)c1ccc(F)c(F)c1. The number of nitrogens with one attached hydrogen (secondary N) is 1. The van der Waals surface area contributed by atoms with Gasteiger partial charge in [0.1, 0.15) is 0 Å². The molecule has 92 valence electrons. The van der Waals surface area contributed by atoms with Crippen molar-refractivity contribution in [3.63, 3.8) is 0 Å². The lowest BCUT2D eigenvalue weighted by molar-refractivity contribution is 0.0946. The summed E-state index contributed by atoms with van der Waals surface area (Å²) >= 11 is 3.40. The largest absolute Gasteiger partial charge is 0.351 e. The van der Waals surface area contributed by atoms with Gasteiger partial charge in [-0.15, -0.1) is 0 Å². The fraction of sp³-hybridized carbons (Fsp3) is 0.417. The van der Waals surface area contributed by atoms with Crippen LogP contribution in [-0.4, -0.2) is 17.8 Å². The minimum Gasteiger partial charge on any atom is -0.351 e. The number of amides is 1. The molecule has 0 spiro atoms. The van der Waals surface area contributed by atoms with Crippen molar-refractivity contribution in [1.82, 2.24) is 5.32 Å². The Bertz CT molecular complexity index is 446. The van der Waals surface area contributed by atoms with Gasteiger partial charge >= 0.3 is 0 Å². The molecule has 1 saturated carbocycles. The summed E-state index contributed by atoms with van der Waals surface area (Å²) in [6, 6.07) is 3.15. The first-order valence-electron chi connectivity index (χ1n) is 5.36. The van der Waals surface area contributed by atoms with Gasteiger partial charge in [0, 0.05) is 17.4 Å². The smallest absolute Gasteiger partial charge is 0.251 e. The topological polar surface area (TPSA) is 29.1 Å². The molecule has 0 heterocycles. The molecule has 0 aromatic heterocycles. The Balaban J connectivity index is 1.97. The van der Waals surface area contributed by atoms with Crippen molar-refractivity contribution in [2.24, 2.45) is 5.41 Å². The van der Waals surface area contributed by atoms with Crippen LogP contribution < -0.4 is 5.32 Å². The van der Waals surface area contributed by atoms with Gasteiger partial charge in [-0.1, -0.05) is 15.9 Å². The second-order valence-corrected chi connectivity index (χ2v) is 5.01. The van der Waals surface area contributed by atoms with E-state index in [9.17, 15) is 13.6 Å². The van der Waals surface area contributed by atoms with E-state index >= 15 is 0 Å².